The van der Waals surface area contributed by atoms with Crippen LogP contribution in [0, 0.1) is 11.8 Å². The highest BCUT2D eigenvalue weighted by atomic mass is 19.1. The number of rotatable bonds is 10. The largest absolute Gasteiger partial charge is 0.498 e. The molecule has 3 aliphatic rings. The fourth-order valence-electron chi connectivity index (χ4n) is 4.26. The zero-order chi connectivity index (χ0) is 25.9. The number of ether oxygens (including phenoxy) is 2. The Bertz CT molecular complexity index is 1040. The number of carbonyl (C=O) groups excluding carboxylic acids is 2. The van der Waals surface area contributed by atoms with Crippen LogP contribution >= 0.6 is 0 Å². The van der Waals surface area contributed by atoms with Gasteiger partial charge in [-0.1, -0.05) is 24.3 Å². The van der Waals surface area contributed by atoms with E-state index in [1.165, 1.54) is 12.3 Å². The zero-order valence-corrected chi connectivity index (χ0v) is 20.5. The van der Waals surface area contributed by atoms with E-state index in [9.17, 15) is 14.0 Å². The maximum Gasteiger partial charge on any atom is 0.272 e. The third kappa shape index (κ3) is 7.50. The molecule has 3 rings (SSSR count). The molecule has 3 unspecified atom stereocenters. The molecule has 1 heterocycles. The topological polar surface area (TPSA) is 121 Å². The second-order valence-electron chi connectivity index (χ2n) is 8.59. The number of allylic oxidation sites excluding steroid dienone is 6. The van der Waals surface area contributed by atoms with Crippen molar-refractivity contribution in [3.63, 3.8) is 0 Å². The first kappa shape index (κ1) is 27.1. The average molecular weight is 501 g/mol. The molecule has 0 spiro atoms. The summed E-state index contributed by atoms with van der Waals surface area (Å²) in [6.07, 6.45) is 15.3. The normalized spacial score (nSPS) is 23.4. The molecular formula is C26H33FN4O5. The molecule has 0 radical (unpaired) electrons. The molecule has 0 saturated carbocycles. The second kappa shape index (κ2) is 13.6. The van der Waals surface area contributed by atoms with Crippen molar-refractivity contribution >= 4 is 17.6 Å². The molecule has 36 heavy (non-hydrogen) atoms. The van der Waals surface area contributed by atoms with Gasteiger partial charge in [-0.3, -0.25) is 19.8 Å². The minimum absolute atomic E-state index is 0.0936. The fraction of sp³-hybridized carbons (Fsp3) is 0.423. The quantitative estimate of drug-likeness (QED) is 0.208. The molecule has 10 heteroatoms. The van der Waals surface area contributed by atoms with Gasteiger partial charge in [0.2, 0.25) is 5.91 Å². The Morgan fingerprint density at radius 2 is 2.19 bits per heavy atom. The lowest BCUT2D eigenvalue weighted by molar-refractivity contribution is -0.125. The summed E-state index contributed by atoms with van der Waals surface area (Å²) in [7, 11) is 3.18. The molecule has 3 atom stereocenters. The van der Waals surface area contributed by atoms with E-state index in [0.29, 0.717) is 49.5 Å². The van der Waals surface area contributed by atoms with Crippen molar-refractivity contribution < 1.29 is 28.7 Å². The Labute approximate surface area is 210 Å². The lowest BCUT2D eigenvalue weighted by atomic mass is 9.82. The van der Waals surface area contributed by atoms with Crippen molar-refractivity contribution in [2.24, 2.45) is 16.8 Å². The maximum absolute atomic E-state index is 13.9. The van der Waals surface area contributed by atoms with Crippen molar-refractivity contribution in [2.45, 2.75) is 31.8 Å². The minimum atomic E-state index is -0.589. The van der Waals surface area contributed by atoms with Gasteiger partial charge in [0.05, 0.1) is 19.6 Å². The number of nitrogens with one attached hydrogen (secondary N) is 3. The SMILES string of the molecule is COC1=CC(C(CC2C=CC=C(F)C2)C(=O)NCCN=C2C=CCC(C(=O)NO)=CN2)=CCC1OC. The predicted molar refractivity (Wildman–Crippen MR) is 133 cm³/mol. The smallest absolute Gasteiger partial charge is 0.272 e. The van der Waals surface area contributed by atoms with Gasteiger partial charge >= 0.3 is 0 Å². The number of methoxy groups -OCH3 is 2. The highest BCUT2D eigenvalue weighted by Crippen LogP contribution is 2.33. The van der Waals surface area contributed by atoms with Gasteiger partial charge in [-0.05, 0) is 49.0 Å². The van der Waals surface area contributed by atoms with Crippen molar-refractivity contribution in [1.82, 2.24) is 16.1 Å². The molecule has 0 aromatic rings. The Morgan fingerprint density at radius 1 is 1.36 bits per heavy atom. The fourth-order valence-corrected chi connectivity index (χ4v) is 4.26. The lowest BCUT2D eigenvalue weighted by Gasteiger charge is -2.27. The van der Waals surface area contributed by atoms with Crippen molar-refractivity contribution in [1.29, 1.82) is 0 Å². The molecule has 0 fully saturated rings. The Balaban J connectivity index is 1.64. The third-order valence-corrected chi connectivity index (χ3v) is 6.18. The van der Waals surface area contributed by atoms with E-state index in [1.807, 2.05) is 18.2 Å². The van der Waals surface area contributed by atoms with Gasteiger partial charge in [0.1, 0.15) is 23.5 Å². The predicted octanol–water partition coefficient (Wildman–Crippen LogP) is 2.75. The number of nitrogens with zero attached hydrogens (tertiary/aromatic N) is 1. The highest BCUT2D eigenvalue weighted by Gasteiger charge is 2.29. The van der Waals surface area contributed by atoms with Gasteiger partial charge in [0.15, 0.2) is 0 Å². The van der Waals surface area contributed by atoms with Gasteiger partial charge < -0.3 is 20.1 Å². The molecule has 194 valence electrons. The molecule has 2 aliphatic carbocycles. The number of halogens is 1. The second-order valence-corrected chi connectivity index (χ2v) is 8.59. The summed E-state index contributed by atoms with van der Waals surface area (Å²) >= 11 is 0. The van der Waals surface area contributed by atoms with Crippen LogP contribution < -0.4 is 16.1 Å². The lowest BCUT2D eigenvalue weighted by Crippen LogP contribution is -2.35. The van der Waals surface area contributed by atoms with Crippen LogP contribution in [0.5, 0.6) is 0 Å². The van der Waals surface area contributed by atoms with Crippen LogP contribution in [0.15, 0.2) is 76.5 Å². The monoisotopic (exact) mass is 500 g/mol. The average Bonchev–Trinajstić information content (AvgIpc) is 3.14. The first-order chi connectivity index (χ1) is 17.4. The Morgan fingerprint density at radius 3 is 2.92 bits per heavy atom. The maximum atomic E-state index is 13.9. The number of hydrogen-bond acceptors (Lipinski definition) is 6. The van der Waals surface area contributed by atoms with Crippen LogP contribution in [0.25, 0.3) is 0 Å². The summed E-state index contributed by atoms with van der Waals surface area (Å²) < 4.78 is 24.8. The zero-order valence-electron chi connectivity index (χ0n) is 20.5. The Hall–Kier alpha value is -3.50. The van der Waals surface area contributed by atoms with Crippen LogP contribution in [0.3, 0.4) is 0 Å². The van der Waals surface area contributed by atoms with E-state index in [0.717, 1.165) is 5.57 Å². The number of carbonyl (C=O) groups is 2. The first-order valence-electron chi connectivity index (χ1n) is 11.8. The molecule has 9 nitrogen and oxygen atoms in total. The van der Waals surface area contributed by atoms with E-state index >= 15 is 0 Å². The molecule has 4 N–H and O–H groups in total. The summed E-state index contributed by atoms with van der Waals surface area (Å²) in [6, 6.07) is 0. The van der Waals surface area contributed by atoms with Crippen molar-refractivity contribution in [3.8, 4) is 0 Å². The Kier molecular flexibility index (Phi) is 10.2. The van der Waals surface area contributed by atoms with Gasteiger partial charge in [0.25, 0.3) is 5.91 Å². The number of hydroxylamine groups is 1. The number of aliphatic imine (C=N–C) groups is 1. The van der Waals surface area contributed by atoms with E-state index in [-0.39, 0.29) is 30.2 Å². The number of amides is 2. The van der Waals surface area contributed by atoms with Crippen LogP contribution in [0.2, 0.25) is 0 Å². The number of amidine groups is 1. The molecule has 0 aromatic carbocycles. The van der Waals surface area contributed by atoms with Crippen LogP contribution in [-0.4, -0.2) is 56.3 Å². The molecule has 1 aliphatic heterocycles. The summed E-state index contributed by atoms with van der Waals surface area (Å²) in [5.41, 5.74) is 2.78. The summed E-state index contributed by atoms with van der Waals surface area (Å²) in [5, 5.41) is 14.6. The standard InChI is InChI=1S/C26H33FN4O5/c1-35-22-10-9-18(15-23(22)36-2)21(14-17-5-3-7-20(27)13-17)26(33)29-12-11-28-24-8-4-6-19(16-30-24)25(32)31-34/h3-5,7-9,15-17,21-22,34H,6,10-14H2,1-2H3,(H,28,30)(H,29,33)(H,31,32). The van der Waals surface area contributed by atoms with E-state index in [2.05, 4.69) is 15.6 Å². The van der Waals surface area contributed by atoms with E-state index < -0.39 is 11.8 Å². The van der Waals surface area contributed by atoms with Gasteiger partial charge in [-0.15, -0.1) is 0 Å². The summed E-state index contributed by atoms with van der Waals surface area (Å²) in [4.78, 5) is 29.2. The molecular weight excluding hydrogens is 467 g/mol. The van der Waals surface area contributed by atoms with Gasteiger partial charge in [0, 0.05) is 31.8 Å². The molecule has 0 bridgehead atoms. The van der Waals surface area contributed by atoms with Crippen LogP contribution in [0.1, 0.15) is 25.7 Å². The van der Waals surface area contributed by atoms with Crippen molar-refractivity contribution in [3.05, 3.63) is 71.5 Å². The summed E-state index contributed by atoms with van der Waals surface area (Å²) in [5.74, 6) is -0.348. The molecule has 0 aromatic heterocycles. The highest BCUT2D eigenvalue weighted by molar-refractivity contribution is 5.98. The summed E-state index contributed by atoms with van der Waals surface area (Å²) in [6.45, 7) is 0.608. The van der Waals surface area contributed by atoms with E-state index in [1.54, 1.807) is 37.9 Å². The first-order valence-corrected chi connectivity index (χ1v) is 11.8. The van der Waals surface area contributed by atoms with Gasteiger partial charge in [-0.2, -0.15) is 0 Å². The van der Waals surface area contributed by atoms with Crippen LogP contribution in [0.4, 0.5) is 4.39 Å². The number of hydrogen-bond donors (Lipinski definition) is 4. The molecule has 2 amide bonds. The van der Waals surface area contributed by atoms with Gasteiger partial charge in [-0.25, -0.2) is 9.87 Å². The van der Waals surface area contributed by atoms with Crippen molar-refractivity contribution in [2.75, 3.05) is 27.3 Å². The van der Waals surface area contributed by atoms with E-state index in [4.69, 9.17) is 14.7 Å². The molecule has 0 saturated heterocycles. The minimum Gasteiger partial charge on any atom is -0.498 e. The van der Waals surface area contributed by atoms with Crippen LogP contribution in [-0.2, 0) is 19.1 Å². The third-order valence-electron chi connectivity index (χ3n) is 6.18.